The van der Waals surface area contributed by atoms with Gasteiger partial charge in [-0.3, -0.25) is 9.59 Å². The fourth-order valence-corrected chi connectivity index (χ4v) is 4.71. The molecule has 2 rings (SSSR count). The van der Waals surface area contributed by atoms with Crippen LogP contribution in [0.1, 0.15) is 52.2 Å². The van der Waals surface area contributed by atoms with E-state index in [4.69, 9.17) is 9.47 Å². The van der Waals surface area contributed by atoms with Crippen LogP contribution in [-0.4, -0.2) is 86.0 Å². The highest BCUT2D eigenvalue weighted by atomic mass is 16.6. The summed E-state index contributed by atoms with van der Waals surface area (Å²) in [6.07, 6.45) is -1.06. The molecule has 4 atom stereocenters. The van der Waals surface area contributed by atoms with Crippen LogP contribution in [0.25, 0.3) is 0 Å². The van der Waals surface area contributed by atoms with E-state index in [9.17, 15) is 19.5 Å². The van der Waals surface area contributed by atoms with Crippen LogP contribution in [0.4, 0.5) is 4.79 Å². The van der Waals surface area contributed by atoms with Crippen LogP contribution in [0.2, 0.25) is 0 Å². The molecule has 0 unspecified atom stereocenters. The Morgan fingerprint density at radius 2 is 1.50 bits per heavy atom. The fourth-order valence-electron chi connectivity index (χ4n) is 4.71. The van der Waals surface area contributed by atoms with Crippen molar-refractivity contribution in [2.75, 3.05) is 34.3 Å². The van der Waals surface area contributed by atoms with Crippen molar-refractivity contribution in [3.63, 3.8) is 0 Å². The van der Waals surface area contributed by atoms with Gasteiger partial charge >= 0.3 is 6.09 Å². The highest BCUT2D eigenvalue weighted by Gasteiger charge is 2.32. The van der Waals surface area contributed by atoms with Gasteiger partial charge in [-0.2, -0.15) is 0 Å². The maximum atomic E-state index is 13.9. The number of methoxy groups -OCH3 is 1. The van der Waals surface area contributed by atoms with Crippen LogP contribution in [0, 0.1) is 11.8 Å². The van der Waals surface area contributed by atoms with Crippen molar-refractivity contribution < 1.29 is 29.0 Å². The van der Waals surface area contributed by atoms with E-state index < -0.39 is 35.8 Å². The molecule has 244 valence electrons. The first kappa shape index (κ1) is 36.6. The molecule has 2 aromatic rings. The molecular formula is C34H52N4O6. The van der Waals surface area contributed by atoms with Gasteiger partial charge in [0.1, 0.15) is 17.4 Å². The zero-order valence-electron chi connectivity index (χ0n) is 27.6. The number of rotatable bonds is 16. The van der Waals surface area contributed by atoms with Gasteiger partial charge in [0.15, 0.2) is 0 Å². The van der Waals surface area contributed by atoms with Gasteiger partial charge < -0.3 is 35.4 Å². The van der Waals surface area contributed by atoms with Crippen LogP contribution in [0.5, 0.6) is 5.75 Å². The second-order valence-corrected chi connectivity index (χ2v) is 12.8. The van der Waals surface area contributed by atoms with Crippen molar-refractivity contribution in [2.45, 2.75) is 77.7 Å². The lowest BCUT2D eigenvalue weighted by Gasteiger charge is -2.30. The number of likely N-dealkylation sites (N-methyl/N-ethyl adjacent to an activating group) is 1. The van der Waals surface area contributed by atoms with Gasteiger partial charge in [0.2, 0.25) is 11.8 Å². The third-order valence-corrected chi connectivity index (χ3v) is 7.11. The van der Waals surface area contributed by atoms with Gasteiger partial charge in [0.05, 0.1) is 19.3 Å². The molecule has 0 bridgehead atoms. The lowest BCUT2D eigenvalue weighted by molar-refractivity contribution is -0.132. The van der Waals surface area contributed by atoms with Crippen LogP contribution in [-0.2, 0) is 27.2 Å². The van der Waals surface area contributed by atoms with Crippen LogP contribution in [0.15, 0.2) is 54.6 Å². The molecule has 3 amide bonds. The number of nitrogens with one attached hydrogen (secondary N) is 3. The summed E-state index contributed by atoms with van der Waals surface area (Å²) < 4.78 is 10.8. The summed E-state index contributed by atoms with van der Waals surface area (Å²) in [4.78, 5) is 41.6. The van der Waals surface area contributed by atoms with Crippen molar-refractivity contribution in [3.05, 3.63) is 65.7 Å². The summed E-state index contributed by atoms with van der Waals surface area (Å²) in [7, 11) is 5.43. The van der Waals surface area contributed by atoms with E-state index in [0.29, 0.717) is 31.7 Å². The van der Waals surface area contributed by atoms with Gasteiger partial charge in [0.25, 0.3) is 0 Å². The number of benzene rings is 2. The van der Waals surface area contributed by atoms with E-state index in [1.807, 2.05) is 87.4 Å². The Morgan fingerprint density at radius 3 is 2.05 bits per heavy atom. The first-order valence-electron chi connectivity index (χ1n) is 15.3. The summed E-state index contributed by atoms with van der Waals surface area (Å²) >= 11 is 0. The molecule has 0 radical (unpaired) electrons. The van der Waals surface area contributed by atoms with Crippen molar-refractivity contribution in [1.29, 1.82) is 0 Å². The molecule has 0 spiro atoms. The molecule has 0 saturated carbocycles. The largest absolute Gasteiger partial charge is 0.497 e. The normalized spacial score (nSPS) is 14.3. The summed E-state index contributed by atoms with van der Waals surface area (Å²) in [5, 5.41) is 20.2. The predicted molar refractivity (Wildman–Crippen MR) is 172 cm³/mol. The van der Waals surface area contributed by atoms with Crippen LogP contribution >= 0.6 is 0 Å². The van der Waals surface area contributed by atoms with Gasteiger partial charge in [0, 0.05) is 19.0 Å². The molecule has 0 aliphatic carbocycles. The first-order valence-corrected chi connectivity index (χ1v) is 15.3. The van der Waals surface area contributed by atoms with E-state index >= 15 is 0 Å². The Hall–Kier alpha value is -3.63. The predicted octanol–water partition coefficient (Wildman–Crippen LogP) is 3.56. The summed E-state index contributed by atoms with van der Waals surface area (Å²) in [5.74, 6) is -0.782. The van der Waals surface area contributed by atoms with E-state index in [0.717, 1.165) is 11.1 Å². The molecule has 0 heterocycles. The number of nitrogens with zero attached hydrogens (tertiary/aromatic N) is 1. The van der Waals surface area contributed by atoms with Crippen molar-refractivity contribution in [3.8, 4) is 5.75 Å². The smallest absolute Gasteiger partial charge is 0.407 e. The molecule has 2 aromatic carbocycles. The number of hydrogen-bond acceptors (Lipinski definition) is 7. The quantitative estimate of drug-likeness (QED) is 0.228. The average molecular weight is 613 g/mol. The zero-order valence-corrected chi connectivity index (χ0v) is 27.6. The van der Waals surface area contributed by atoms with Gasteiger partial charge in [-0.25, -0.2) is 4.79 Å². The number of aliphatic hydroxyl groups is 1. The van der Waals surface area contributed by atoms with Crippen molar-refractivity contribution >= 4 is 17.9 Å². The third-order valence-electron chi connectivity index (χ3n) is 7.11. The van der Waals surface area contributed by atoms with Gasteiger partial charge in [-0.05, 0) is 83.3 Å². The van der Waals surface area contributed by atoms with Crippen molar-refractivity contribution in [1.82, 2.24) is 20.9 Å². The molecular weight excluding hydrogens is 560 g/mol. The SMILES string of the molecule is COc1ccc(C[C@H](C[C@H](O)[C@H](Cc2ccccc2)NC(=O)OC(C)(C)C)C(=O)N[C@H](C(=O)NCCN(C)C)C(C)C)cc1. The first-order chi connectivity index (χ1) is 20.7. The summed E-state index contributed by atoms with van der Waals surface area (Å²) in [6, 6.07) is 15.4. The van der Waals surface area contributed by atoms with Crippen molar-refractivity contribution in [2.24, 2.45) is 11.8 Å². The maximum absolute atomic E-state index is 13.9. The number of hydrogen-bond donors (Lipinski definition) is 4. The molecule has 44 heavy (non-hydrogen) atoms. The Morgan fingerprint density at radius 1 is 0.886 bits per heavy atom. The minimum absolute atomic E-state index is 0.0399. The topological polar surface area (TPSA) is 129 Å². The molecule has 0 aliphatic heterocycles. The Labute approximate surface area is 262 Å². The molecule has 10 heteroatoms. The number of amides is 3. The number of aliphatic hydroxyl groups excluding tert-OH is 1. The maximum Gasteiger partial charge on any atom is 0.407 e. The average Bonchev–Trinajstić information content (AvgIpc) is 2.94. The Bertz CT molecular complexity index is 1160. The van der Waals surface area contributed by atoms with Crippen LogP contribution in [0.3, 0.4) is 0 Å². The lowest BCUT2D eigenvalue weighted by Crippen LogP contribution is -2.53. The van der Waals surface area contributed by atoms with E-state index in [-0.39, 0.29) is 24.2 Å². The second kappa shape index (κ2) is 17.6. The highest BCUT2D eigenvalue weighted by molar-refractivity contribution is 5.88. The molecule has 0 aliphatic rings. The minimum Gasteiger partial charge on any atom is -0.497 e. The number of carbonyl (C=O) groups excluding carboxylic acids is 3. The Balaban J connectivity index is 2.32. The number of alkyl carbamates (subject to hydrolysis) is 1. The Kier molecular flexibility index (Phi) is 14.6. The standard InChI is InChI=1S/C34H52N4O6/c1-23(2)30(32(41)35-18-19-38(6)7)37-31(40)26(20-25-14-16-27(43-8)17-15-25)22-29(39)28(21-24-12-10-9-11-13-24)36-33(42)44-34(3,4)5/h9-17,23,26,28-30,39H,18-22H2,1-8H3,(H,35,41)(H,36,42)(H,37,40)/t26-,28+,29+,30+/m1/s1. The molecule has 10 nitrogen and oxygen atoms in total. The number of carbonyl (C=O) groups is 3. The third kappa shape index (κ3) is 13.3. The monoisotopic (exact) mass is 612 g/mol. The number of ether oxygens (including phenoxy) is 2. The highest BCUT2D eigenvalue weighted by Crippen LogP contribution is 2.22. The lowest BCUT2D eigenvalue weighted by atomic mass is 9.88. The fraction of sp³-hybridized carbons (Fsp3) is 0.559. The molecule has 0 saturated heterocycles. The zero-order chi connectivity index (χ0) is 32.9. The van der Waals surface area contributed by atoms with Gasteiger partial charge in [-0.1, -0.05) is 56.3 Å². The summed E-state index contributed by atoms with van der Waals surface area (Å²) in [6.45, 7) is 10.2. The molecule has 0 aromatic heterocycles. The molecule has 0 fully saturated rings. The van der Waals surface area contributed by atoms with Crippen LogP contribution < -0.4 is 20.7 Å². The van der Waals surface area contributed by atoms with E-state index in [1.165, 1.54) is 0 Å². The van der Waals surface area contributed by atoms with Gasteiger partial charge in [-0.15, -0.1) is 0 Å². The molecule has 4 N–H and O–H groups in total. The summed E-state index contributed by atoms with van der Waals surface area (Å²) in [5.41, 5.74) is 1.06. The van der Waals surface area contributed by atoms with E-state index in [1.54, 1.807) is 27.9 Å². The minimum atomic E-state index is -1.09. The second-order valence-electron chi connectivity index (χ2n) is 12.8. The van der Waals surface area contributed by atoms with E-state index in [2.05, 4.69) is 16.0 Å².